The highest BCUT2D eigenvalue weighted by Gasteiger charge is 2.19. The number of ether oxygens (including phenoxy) is 1. The van der Waals surface area contributed by atoms with E-state index in [0.29, 0.717) is 38.3 Å². The van der Waals surface area contributed by atoms with E-state index >= 15 is 0 Å². The van der Waals surface area contributed by atoms with Gasteiger partial charge in [0.05, 0.1) is 29.4 Å². The number of fused-ring (bicyclic) bond motifs is 1. The maximum Gasteiger partial charge on any atom is 0.266 e. The van der Waals surface area contributed by atoms with E-state index in [1.165, 1.54) is 11.8 Å². The molecule has 30 heavy (non-hydrogen) atoms. The summed E-state index contributed by atoms with van der Waals surface area (Å²) in [7, 11) is 1.56. The second-order valence-corrected chi connectivity index (χ2v) is 8.27. The van der Waals surface area contributed by atoms with Crippen LogP contribution in [0.2, 0.25) is 5.02 Å². The molecule has 0 aliphatic carbocycles. The average Bonchev–Trinajstić information content (AvgIpc) is 3.06. The van der Waals surface area contributed by atoms with Crippen molar-refractivity contribution in [3.63, 3.8) is 0 Å². The van der Waals surface area contributed by atoms with Crippen molar-refractivity contribution in [1.82, 2.24) is 14.7 Å². The number of aromatic nitrogens is 3. The van der Waals surface area contributed by atoms with Gasteiger partial charge in [-0.3, -0.25) is 9.36 Å². The molecule has 2 aromatic carbocycles. The number of hydrogen-bond donors (Lipinski definition) is 0. The lowest BCUT2D eigenvalue weighted by atomic mass is 10.2. The highest BCUT2D eigenvalue weighted by Crippen LogP contribution is 2.33. The standard InChI is InChI=1S/C22H20ClN3O3S/c1-12-9-19(20(28-4)10-17(12)23)26-21(27)15-7-5-6-8-18(15)24-22(26)30-11-16-13(2)25-29-14(16)3/h5-10H,11H2,1-4H3. The summed E-state index contributed by atoms with van der Waals surface area (Å²) >= 11 is 7.73. The second-order valence-electron chi connectivity index (χ2n) is 6.92. The summed E-state index contributed by atoms with van der Waals surface area (Å²) in [4.78, 5) is 18.3. The van der Waals surface area contributed by atoms with Gasteiger partial charge in [-0.1, -0.05) is 40.7 Å². The monoisotopic (exact) mass is 441 g/mol. The fourth-order valence-electron chi connectivity index (χ4n) is 3.25. The van der Waals surface area contributed by atoms with E-state index in [2.05, 4.69) is 5.16 Å². The Kier molecular flexibility index (Phi) is 5.58. The number of benzene rings is 2. The fraction of sp³-hybridized carbons (Fsp3) is 0.227. The minimum absolute atomic E-state index is 0.165. The van der Waals surface area contributed by atoms with Gasteiger partial charge in [0.15, 0.2) is 5.16 Å². The van der Waals surface area contributed by atoms with Gasteiger partial charge in [0.2, 0.25) is 0 Å². The van der Waals surface area contributed by atoms with Crippen LogP contribution in [0.5, 0.6) is 5.75 Å². The van der Waals surface area contributed by atoms with Gasteiger partial charge in [-0.05, 0) is 44.5 Å². The SMILES string of the molecule is COc1cc(Cl)c(C)cc1-n1c(SCc2c(C)noc2C)nc2ccccc2c1=O. The molecule has 0 atom stereocenters. The van der Waals surface area contributed by atoms with E-state index in [0.717, 1.165) is 22.6 Å². The number of nitrogens with zero attached hydrogens (tertiary/aromatic N) is 3. The number of thioether (sulfide) groups is 1. The quantitative estimate of drug-likeness (QED) is 0.311. The first-order valence-corrected chi connectivity index (χ1v) is 10.7. The largest absolute Gasteiger partial charge is 0.495 e. The normalized spacial score (nSPS) is 11.2. The predicted octanol–water partition coefficient (Wildman–Crippen LogP) is 5.25. The highest BCUT2D eigenvalue weighted by atomic mass is 35.5. The molecule has 0 aliphatic heterocycles. The molecule has 0 saturated heterocycles. The van der Waals surface area contributed by atoms with Crippen molar-refractivity contribution in [3.8, 4) is 11.4 Å². The van der Waals surface area contributed by atoms with Gasteiger partial charge < -0.3 is 9.26 Å². The smallest absolute Gasteiger partial charge is 0.266 e. The van der Waals surface area contributed by atoms with Crippen LogP contribution in [0.25, 0.3) is 16.6 Å². The molecule has 0 bridgehead atoms. The Morgan fingerprint density at radius 3 is 2.67 bits per heavy atom. The first-order chi connectivity index (χ1) is 14.4. The third-order valence-corrected chi connectivity index (χ3v) is 6.35. The summed E-state index contributed by atoms with van der Waals surface area (Å²) in [6, 6.07) is 10.9. The summed E-state index contributed by atoms with van der Waals surface area (Å²) in [6.07, 6.45) is 0. The zero-order chi connectivity index (χ0) is 21.4. The molecule has 0 radical (unpaired) electrons. The van der Waals surface area contributed by atoms with Crippen LogP contribution >= 0.6 is 23.4 Å². The highest BCUT2D eigenvalue weighted by molar-refractivity contribution is 7.98. The number of para-hydroxylation sites is 1. The Morgan fingerprint density at radius 1 is 1.20 bits per heavy atom. The number of halogens is 1. The summed E-state index contributed by atoms with van der Waals surface area (Å²) in [6.45, 7) is 5.67. The van der Waals surface area contributed by atoms with E-state index in [1.807, 2.05) is 45.0 Å². The Morgan fingerprint density at radius 2 is 1.97 bits per heavy atom. The number of methoxy groups -OCH3 is 1. The number of aryl methyl sites for hydroxylation is 3. The van der Waals surface area contributed by atoms with Crippen LogP contribution in [0.4, 0.5) is 0 Å². The fourth-order valence-corrected chi connectivity index (χ4v) is 4.57. The van der Waals surface area contributed by atoms with E-state index in [-0.39, 0.29) is 5.56 Å². The minimum Gasteiger partial charge on any atom is -0.495 e. The van der Waals surface area contributed by atoms with Gasteiger partial charge in [-0.2, -0.15) is 0 Å². The molecular formula is C22H20ClN3O3S. The van der Waals surface area contributed by atoms with Crippen LogP contribution < -0.4 is 10.3 Å². The Hall–Kier alpha value is -2.77. The average molecular weight is 442 g/mol. The summed E-state index contributed by atoms with van der Waals surface area (Å²) < 4.78 is 12.4. The van der Waals surface area contributed by atoms with Crippen molar-refractivity contribution < 1.29 is 9.26 Å². The van der Waals surface area contributed by atoms with Crippen molar-refractivity contribution in [2.24, 2.45) is 0 Å². The molecule has 4 rings (SSSR count). The maximum absolute atomic E-state index is 13.5. The van der Waals surface area contributed by atoms with Crippen molar-refractivity contribution >= 4 is 34.3 Å². The molecule has 6 nitrogen and oxygen atoms in total. The molecule has 0 aliphatic rings. The van der Waals surface area contributed by atoms with Crippen LogP contribution in [-0.2, 0) is 5.75 Å². The molecule has 8 heteroatoms. The van der Waals surface area contributed by atoms with Gasteiger partial charge in [0, 0.05) is 22.4 Å². The molecule has 0 spiro atoms. The number of rotatable bonds is 5. The van der Waals surface area contributed by atoms with Crippen molar-refractivity contribution in [3.05, 3.63) is 74.4 Å². The Balaban J connectivity index is 1.94. The zero-order valence-electron chi connectivity index (χ0n) is 17.0. The third kappa shape index (κ3) is 3.59. The first kappa shape index (κ1) is 20.5. The second kappa shape index (κ2) is 8.16. The summed E-state index contributed by atoms with van der Waals surface area (Å²) in [5, 5.41) is 5.68. The molecule has 0 unspecified atom stereocenters. The van der Waals surface area contributed by atoms with E-state index in [9.17, 15) is 4.79 Å². The van der Waals surface area contributed by atoms with Gasteiger partial charge in [0.25, 0.3) is 5.56 Å². The van der Waals surface area contributed by atoms with Crippen LogP contribution in [0, 0.1) is 20.8 Å². The molecule has 154 valence electrons. The van der Waals surface area contributed by atoms with Gasteiger partial charge >= 0.3 is 0 Å². The number of hydrogen-bond acceptors (Lipinski definition) is 6. The van der Waals surface area contributed by atoms with E-state index in [4.69, 9.17) is 25.8 Å². The lowest BCUT2D eigenvalue weighted by Gasteiger charge is -2.17. The maximum atomic E-state index is 13.5. The molecule has 0 saturated carbocycles. The van der Waals surface area contributed by atoms with Gasteiger partial charge in [0.1, 0.15) is 11.5 Å². The van der Waals surface area contributed by atoms with Gasteiger partial charge in [-0.25, -0.2) is 4.98 Å². The minimum atomic E-state index is -0.165. The molecule has 0 amide bonds. The molecule has 2 heterocycles. The lowest BCUT2D eigenvalue weighted by Crippen LogP contribution is -2.22. The van der Waals surface area contributed by atoms with E-state index < -0.39 is 0 Å². The molecule has 4 aromatic rings. The predicted molar refractivity (Wildman–Crippen MR) is 119 cm³/mol. The molecule has 0 N–H and O–H groups in total. The first-order valence-electron chi connectivity index (χ1n) is 9.31. The lowest BCUT2D eigenvalue weighted by molar-refractivity contribution is 0.392. The van der Waals surface area contributed by atoms with Crippen LogP contribution in [-0.4, -0.2) is 21.8 Å². The molecular weight excluding hydrogens is 422 g/mol. The Labute approximate surface area is 182 Å². The summed E-state index contributed by atoms with van der Waals surface area (Å²) in [5.74, 6) is 1.83. The Bertz CT molecular complexity index is 1290. The third-order valence-electron chi connectivity index (χ3n) is 4.97. The van der Waals surface area contributed by atoms with Crippen molar-refractivity contribution in [1.29, 1.82) is 0 Å². The van der Waals surface area contributed by atoms with Crippen molar-refractivity contribution in [2.45, 2.75) is 31.7 Å². The zero-order valence-corrected chi connectivity index (χ0v) is 18.6. The van der Waals surface area contributed by atoms with Gasteiger partial charge in [-0.15, -0.1) is 0 Å². The van der Waals surface area contributed by atoms with E-state index in [1.54, 1.807) is 23.8 Å². The molecule has 0 fully saturated rings. The molecule has 2 aromatic heterocycles. The van der Waals surface area contributed by atoms with Crippen LogP contribution in [0.15, 0.2) is 50.9 Å². The van der Waals surface area contributed by atoms with Crippen LogP contribution in [0.3, 0.4) is 0 Å². The topological polar surface area (TPSA) is 70.2 Å². The van der Waals surface area contributed by atoms with Crippen molar-refractivity contribution in [2.75, 3.05) is 7.11 Å². The van der Waals surface area contributed by atoms with Crippen LogP contribution in [0.1, 0.15) is 22.6 Å². The summed E-state index contributed by atoms with van der Waals surface area (Å²) in [5.41, 5.74) is 3.74.